The molecule has 1 aromatic carbocycles. The first kappa shape index (κ1) is 18.8. The zero-order valence-corrected chi connectivity index (χ0v) is 15.4. The normalized spacial score (nSPS) is 19.4. The second-order valence-electron chi connectivity index (χ2n) is 7.04. The van der Waals surface area contributed by atoms with Gasteiger partial charge >= 0.3 is 5.97 Å². The molecule has 1 aromatic rings. The summed E-state index contributed by atoms with van der Waals surface area (Å²) in [6.07, 6.45) is 8.76. The van der Waals surface area contributed by atoms with Gasteiger partial charge in [-0.25, -0.2) is 4.79 Å². The zero-order chi connectivity index (χ0) is 18.2. The molecule has 1 heterocycles. The number of anilines is 1. The summed E-state index contributed by atoms with van der Waals surface area (Å²) >= 11 is 0. The molecular weight excluding hydrogens is 330 g/mol. The van der Waals surface area contributed by atoms with Crippen LogP contribution in [-0.4, -0.2) is 43.5 Å². The number of carboxylic acids is 1. The summed E-state index contributed by atoms with van der Waals surface area (Å²) in [4.78, 5) is 13.9. The van der Waals surface area contributed by atoms with Gasteiger partial charge in [-0.1, -0.05) is 24.1 Å². The second-order valence-corrected chi connectivity index (χ2v) is 7.04. The number of aliphatic carboxylic acids is 1. The summed E-state index contributed by atoms with van der Waals surface area (Å²) in [6, 6.07) is 7.73. The first-order valence-corrected chi connectivity index (χ1v) is 9.72. The molecule has 0 saturated carbocycles. The van der Waals surface area contributed by atoms with Crippen molar-refractivity contribution < 1.29 is 19.4 Å². The highest BCUT2D eigenvalue weighted by atomic mass is 16.5. The van der Waals surface area contributed by atoms with Gasteiger partial charge in [-0.15, -0.1) is 0 Å². The Balaban J connectivity index is 1.60. The Morgan fingerprint density at radius 3 is 2.88 bits per heavy atom. The molecule has 5 nitrogen and oxygen atoms in total. The van der Waals surface area contributed by atoms with Crippen LogP contribution in [0.25, 0.3) is 0 Å². The van der Waals surface area contributed by atoms with Crippen molar-refractivity contribution in [2.24, 2.45) is 0 Å². The Morgan fingerprint density at radius 2 is 2.08 bits per heavy atom. The van der Waals surface area contributed by atoms with Crippen molar-refractivity contribution in [2.75, 3.05) is 31.2 Å². The van der Waals surface area contributed by atoms with E-state index in [1.165, 1.54) is 24.8 Å². The monoisotopic (exact) mass is 359 g/mol. The topological polar surface area (TPSA) is 59.0 Å². The average molecular weight is 359 g/mol. The third-order valence-electron chi connectivity index (χ3n) is 5.11. The number of rotatable bonds is 7. The number of hydrogen-bond acceptors (Lipinski definition) is 4. The molecule has 0 spiro atoms. The van der Waals surface area contributed by atoms with Gasteiger partial charge in [-0.2, -0.15) is 0 Å². The predicted molar refractivity (Wildman–Crippen MR) is 102 cm³/mol. The minimum atomic E-state index is -0.893. The number of ether oxygens (including phenoxy) is 2. The number of hydrogen-bond donors (Lipinski definition) is 1. The molecule has 1 atom stereocenters. The smallest absolute Gasteiger partial charge is 0.344 e. The van der Waals surface area contributed by atoms with Crippen LogP contribution < -0.4 is 9.64 Å². The molecule has 1 aliphatic heterocycles. The van der Waals surface area contributed by atoms with Crippen LogP contribution in [0.5, 0.6) is 5.75 Å². The fourth-order valence-electron chi connectivity index (χ4n) is 3.60. The van der Waals surface area contributed by atoms with Gasteiger partial charge in [0.1, 0.15) is 5.75 Å². The van der Waals surface area contributed by atoms with Gasteiger partial charge in [-0.3, -0.25) is 0 Å². The summed E-state index contributed by atoms with van der Waals surface area (Å²) in [5.41, 5.74) is 2.45. The summed E-state index contributed by atoms with van der Waals surface area (Å²) in [5, 5.41) is 9.57. The van der Waals surface area contributed by atoms with E-state index in [0.717, 1.165) is 51.3 Å². The quantitative estimate of drug-likeness (QED) is 0.745. The molecule has 1 aliphatic carbocycles. The third-order valence-corrected chi connectivity index (χ3v) is 5.11. The van der Waals surface area contributed by atoms with Gasteiger partial charge in [0.2, 0.25) is 0 Å². The Morgan fingerprint density at radius 1 is 1.23 bits per heavy atom. The van der Waals surface area contributed by atoms with Crippen LogP contribution in [-0.2, 0) is 9.53 Å². The van der Waals surface area contributed by atoms with Gasteiger partial charge in [0.25, 0.3) is 0 Å². The van der Waals surface area contributed by atoms with Crippen molar-refractivity contribution in [1.82, 2.24) is 0 Å². The standard InChI is InChI=1S/C21H29NO4/c23-21(24)20(11-10-17-6-3-1-2-4-7-17)26-19-9-5-8-18(16-19)22-12-14-25-15-13-22/h5-6,8-9,16,20H,1-4,7,10-15H2,(H,23,24). The molecule has 1 unspecified atom stereocenters. The zero-order valence-electron chi connectivity index (χ0n) is 15.4. The van der Waals surface area contributed by atoms with Crippen molar-refractivity contribution in [3.63, 3.8) is 0 Å². The summed E-state index contributed by atoms with van der Waals surface area (Å²) in [6.45, 7) is 3.13. The van der Waals surface area contributed by atoms with Crippen molar-refractivity contribution in [3.8, 4) is 5.75 Å². The van der Waals surface area contributed by atoms with Crippen LogP contribution in [0, 0.1) is 0 Å². The van der Waals surface area contributed by atoms with E-state index in [1.54, 1.807) is 0 Å². The van der Waals surface area contributed by atoms with E-state index >= 15 is 0 Å². The number of nitrogens with zero attached hydrogens (tertiary/aromatic N) is 1. The van der Waals surface area contributed by atoms with Crippen LogP contribution in [0.15, 0.2) is 35.9 Å². The fraction of sp³-hybridized carbons (Fsp3) is 0.571. The molecule has 0 radical (unpaired) electrons. The fourth-order valence-corrected chi connectivity index (χ4v) is 3.60. The maximum Gasteiger partial charge on any atom is 0.344 e. The van der Waals surface area contributed by atoms with E-state index < -0.39 is 12.1 Å². The molecule has 3 rings (SSSR count). The molecule has 142 valence electrons. The Hall–Kier alpha value is -2.01. The summed E-state index contributed by atoms with van der Waals surface area (Å²) in [5.74, 6) is -0.271. The van der Waals surface area contributed by atoms with Gasteiger partial charge in [0, 0.05) is 24.8 Å². The molecule has 1 fully saturated rings. The Labute approximate surface area is 155 Å². The van der Waals surface area contributed by atoms with Gasteiger partial charge in [0.05, 0.1) is 13.2 Å². The van der Waals surface area contributed by atoms with E-state index in [1.807, 2.05) is 24.3 Å². The summed E-state index contributed by atoms with van der Waals surface area (Å²) in [7, 11) is 0. The number of morpholine rings is 1. The number of allylic oxidation sites excluding steroid dienone is 2. The van der Waals surface area contributed by atoms with Gasteiger partial charge in [-0.05, 0) is 50.7 Å². The molecule has 0 amide bonds. The lowest BCUT2D eigenvalue weighted by atomic mass is 10.0. The van der Waals surface area contributed by atoms with E-state index in [2.05, 4.69) is 11.0 Å². The largest absolute Gasteiger partial charge is 0.479 e. The predicted octanol–water partition coefficient (Wildman–Crippen LogP) is 4.03. The van der Waals surface area contributed by atoms with Crippen LogP contribution in [0.4, 0.5) is 5.69 Å². The first-order valence-electron chi connectivity index (χ1n) is 9.72. The lowest BCUT2D eigenvalue weighted by molar-refractivity contribution is -0.145. The lowest BCUT2D eigenvalue weighted by Crippen LogP contribution is -2.36. The molecule has 0 bridgehead atoms. The number of carboxylic acid groups (broad SMARTS) is 1. The molecule has 2 aliphatic rings. The molecule has 26 heavy (non-hydrogen) atoms. The Kier molecular flexibility index (Phi) is 6.95. The molecule has 1 saturated heterocycles. The van der Waals surface area contributed by atoms with E-state index in [4.69, 9.17) is 9.47 Å². The second kappa shape index (κ2) is 9.62. The third kappa shape index (κ3) is 5.49. The highest BCUT2D eigenvalue weighted by molar-refractivity contribution is 5.72. The maximum atomic E-state index is 11.7. The van der Waals surface area contributed by atoms with Gasteiger partial charge in [0.15, 0.2) is 6.10 Å². The highest BCUT2D eigenvalue weighted by Gasteiger charge is 2.21. The minimum Gasteiger partial charge on any atom is -0.479 e. The van der Waals surface area contributed by atoms with Crippen molar-refractivity contribution in [3.05, 3.63) is 35.9 Å². The number of carbonyl (C=O) groups is 1. The first-order chi connectivity index (χ1) is 12.7. The van der Waals surface area contributed by atoms with Crippen molar-refractivity contribution in [1.29, 1.82) is 0 Å². The van der Waals surface area contributed by atoms with Crippen LogP contribution in [0.3, 0.4) is 0 Å². The molecular formula is C21H29NO4. The minimum absolute atomic E-state index is 0.517. The molecule has 5 heteroatoms. The van der Waals surface area contributed by atoms with E-state index in [9.17, 15) is 9.90 Å². The molecule has 1 N–H and O–H groups in total. The highest BCUT2D eigenvalue weighted by Crippen LogP contribution is 2.25. The van der Waals surface area contributed by atoms with Gasteiger partial charge < -0.3 is 19.5 Å². The average Bonchev–Trinajstić information content (AvgIpc) is 2.95. The van der Waals surface area contributed by atoms with E-state index in [-0.39, 0.29) is 0 Å². The van der Waals surface area contributed by atoms with Crippen LogP contribution >= 0.6 is 0 Å². The van der Waals surface area contributed by atoms with Crippen LogP contribution in [0.1, 0.15) is 44.9 Å². The SMILES string of the molecule is O=C(O)C(CCC1=CCCCCC1)Oc1cccc(N2CCOCC2)c1. The maximum absolute atomic E-state index is 11.7. The Bertz CT molecular complexity index is 622. The summed E-state index contributed by atoms with van der Waals surface area (Å²) < 4.78 is 11.2. The van der Waals surface area contributed by atoms with Crippen molar-refractivity contribution >= 4 is 11.7 Å². The van der Waals surface area contributed by atoms with E-state index in [0.29, 0.717) is 12.2 Å². The number of benzene rings is 1. The molecule has 0 aromatic heterocycles. The van der Waals surface area contributed by atoms with Crippen LogP contribution in [0.2, 0.25) is 0 Å². The van der Waals surface area contributed by atoms with Crippen molar-refractivity contribution in [2.45, 2.75) is 51.0 Å². The lowest BCUT2D eigenvalue weighted by Gasteiger charge is -2.29.